The first-order chi connectivity index (χ1) is 11.5. The van der Waals surface area contributed by atoms with Gasteiger partial charge in [0.05, 0.1) is 12.7 Å². The fourth-order valence-corrected chi connectivity index (χ4v) is 2.26. The highest BCUT2D eigenvalue weighted by atomic mass is 19.1. The van der Waals surface area contributed by atoms with Gasteiger partial charge in [-0.3, -0.25) is 0 Å². The van der Waals surface area contributed by atoms with Crippen molar-refractivity contribution in [3.8, 4) is 5.75 Å². The minimum atomic E-state index is -1.11. The summed E-state index contributed by atoms with van der Waals surface area (Å²) in [6.07, 6.45) is -1.11. The van der Waals surface area contributed by atoms with Crippen molar-refractivity contribution in [2.24, 2.45) is 0 Å². The van der Waals surface area contributed by atoms with E-state index in [0.717, 1.165) is 11.3 Å². The van der Waals surface area contributed by atoms with Crippen LogP contribution in [0.4, 0.5) is 14.9 Å². The molecule has 2 aromatic carbocycles. The lowest BCUT2D eigenvalue weighted by atomic mass is 10.1. The molecule has 0 bridgehead atoms. The van der Waals surface area contributed by atoms with Gasteiger partial charge in [0.2, 0.25) is 0 Å². The summed E-state index contributed by atoms with van der Waals surface area (Å²) in [4.78, 5) is 11.9. The highest BCUT2D eigenvalue weighted by Gasteiger charge is 2.13. The third kappa shape index (κ3) is 4.70. The molecule has 0 saturated heterocycles. The molecule has 0 spiro atoms. The fourth-order valence-electron chi connectivity index (χ4n) is 2.26. The van der Waals surface area contributed by atoms with Gasteiger partial charge >= 0.3 is 6.03 Å². The second-order valence-electron chi connectivity index (χ2n) is 5.29. The molecule has 0 saturated carbocycles. The normalized spacial score (nSPS) is 11.7. The van der Waals surface area contributed by atoms with Crippen molar-refractivity contribution in [1.29, 1.82) is 0 Å². The maximum absolute atomic E-state index is 13.6. The number of benzene rings is 2. The van der Waals surface area contributed by atoms with Gasteiger partial charge in [0.15, 0.2) is 0 Å². The molecule has 0 aliphatic heterocycles. The summed E-state index contributed by atoms with van der Waals surface area (Å²) < 4.78 is 19.0. The van der Waals surface area contributed by atoms with Crippen LogP contribution in [-0.2, 0) is 0 Å². The molecule has 1 unspecified atom stereocenters. The number of nitrogens with one attached hydrogen (secondary N) is 2. The maximum atomic E-state index is 13.6. The number of urea groups is 1. The molecular weight excluding hydrogens is 311 g/mol. The van der Waals surface area contributed by atoms with Crippen LogP contribution in [0.1, 0.15) is 24.2 Å². The zero-order valence-electron chi connectivity index (χ0n) is 13.7. The molecule has 2 amide bonds. The zero-order valence-corrected chi connectivity index (χ0v) is 13.7. The van der Waals surface area contributed by atoms with Crippen molar-refractivity contribution in [3.63, 3.8) is 0 Å². The Balaban J connectivity index is 1.89. The van der Waals surface area contributed by atoms with Crippen LogP contribution in [0.3, 0.4) is 0 Å². The molecule has 0 heterocycles. The molecule has 0 fully saturated rings. The summed E-state index contributed by atoms with van der Waals surface area (Å²) in [5.74, 6) is 0.257. The number of aryl methyl sites for hydroxylation is 1. The highest BCUT2D eigenvalue weighted by molar-refractivity contribution is 5.89. The maximum Gasteiger partial charge on any atom is 0.319 e. The SMILES string of the molecule is CCOc1ccc(NC(=O)NCC(O)c2ccccc2F)cc1C. The van der Waals surface area contributed by atoms with E-state index in [1.807, 2.05) is 13.8 Å². The van der Waals surface area contributed by atoms with E-state index >= 15 is 0 Å². The molecule has 0 aromatic heterocycles. The third-order valence-electron chi connectivity index (χ3n) is 3.45. The highest BCUT2D eigenvalue weighted by Crippen LogP contribution is 2.22. The van der Waals surface area contributed by atoms with Crippen molar-refractivity contribution < 1.29 is 19.0 Å². The van der Waals surface area contributed by atoms with Gasteiger partial charge in [0.25, 0.3) is 0 Å². The first-order valence-electron chi connectivity index (χ1n) is 7.72. The topological polar surface area (TPSA) is 70.6 Å². The lowest BCUT2D eigenvalue weighted by molar-refractivity contribution is 0.170. The van der Waals surface area contributed by atoms with E-state index in [1.54, 1.807) is 30.3 Å². The minimum absolute atomic E-state index is 0.0945. The number of ether oxygens (including phenoxy) is 1. The van der Waals surface area contributed by atoms with Gasteiger partial charge in [0, 0.05) is 17.8 Å². The number of hydrogen-bond donors (Lipinski definition) is 3. The van der Waals surface area contributed by atoms with E-state index in [4.69, 9.17) is 4.74 Å². The summed E-state index contributed by atoms with van der Waals surface area (Å²) in [6, 6.07) is 10.7. The van der Waals surface area contributed by atoms with Gasteiger partial charge < -0.3 is 20.5 Å². The number of halogens is 1. The van der Waals surface area contributed by atoms with Gasteiger partial charge in [-0.25, -0.2) is 9.18 Å². The molecule has 2 rings (SSSR count). The van der Waals surface area contributed by atoms with E-state index in [9.17, 15) is 14.3 Å². The van der Waals surface area contributed by atoms with Crippen molar-refractivity contribution in [2.75, 3.05) is 18.5 Å². The molecule has 0 radical (unpaired) electrons. The first-order valence-corrected chi connectivity index (χ1v) is 7.72. The third-order valence-corrected chi connectivity index (χ3v) is 3.45. The van der Waals surface area contributed by atoms with E-state index in [2.05, 4.69) is 10.6 Å². The zero-order chi connectivity index (χ0) is 17.5. The average Bonchev–Trinajstić information content (AvgIpc) is 2.56. The molecule has 1 atom stereocenters. The van der Waals surface area contributed by atoms with Crippen LogP contribution in [0.15, 0.2) is 42.5 Å². The summed E-state index contributed by atoms with van der Waals surface area (Å²) in [6.45, 7) is 4.26. The Kier molecular flexibility index (Phi) is 6.14. The first kappa shape index (κ1) is 17.7. The largest absolute Gasteiger partial charge is 0.494 e. The number of rotatable bonds is 6. The van der Waals surface area contributed by atoms with Gasteiger partial charge in [-0.15, -0.1) is 0 Å². The molecule has 128 valence electrons. The Hall–Kier alpha value is -2.60. The summed E-state index contributed by atoms with van der Waals surface area (Å²) in [5.41, 5.74) is 1.66. The van der Waals surface area contributed by atoms with Crippen LogP contribution >= 0.6 is 0 Å². The molecule has 2 aromatic rings. The van der Waals surface area contributed by atoms with Gasteiger partial charge in [-0.05, 0) is 43.7 Å². The van der Waals surface area contributed by atoms with Crippen molar-refractivity contribution in [1.82, 2.24) is 5.32 Å². The summed E-state index contributed by atoms with van der Waals surface area (Å²) in [7, 11) is 0. The number of aliphatic hydroxyl groups is 1. The Labute approximate surface area is 140 Å². The number of amides is 2. The van der Waals surface area contributed by atoms with Crippen molar-refractivity contribution >= 4 is 11.7 Å². The number of anilines is 1. The predicted molar refractivity (Wildman–Crippen MR) is 90.7 cm³/mol. The molecular formula is C18H21FN2O3. The lowest BCUT2D eigenvalue weighted by Crippen LogP contribution is -2.32. The van der Waals surface area contributed by atoms with E-state index in [1.165, 1.54) is 12.1 Å². The Morgan fingerprint density at radius 2 is 2.04 bits per heavy atom. The molecule has 6 heteroatoms. The Morgan fingerprint density at radius 3 is 2.71 bits per heavy atom. The van der Waals surface area contributed by atoms with E-state index in [0.29, 0.717) is 12.3 Å². The number of carbonyl (C=O) groups excluding carboxylic acids is 1. The fraction of sp³-hybridized carbons (Fsp3) is 0.278. The van der Waals surface area contributed by atoms with Gasteiger partial charge in [-0.1, -0.05) is 18.2 Å². The van der Waals surface area contributed by atoms with Crippen LogP contribution < -0.4 is 15.4 Å². The van der Waals surface area contributed by atoms with Gasteiger partial charge in [0.1, 0.15) is 11.6 Å². The number of aliphatic hydroxyl groups excluding tert-OH is 1. The number of carbonyl (C=O) groups is 1. The molecule has 5 nitrogen and oxygen atoms in total. The standard InChI is InChI=1S/C18H21FN2O3/c1-3-24-17-9-8-13(10-12(17)2)21-18(23)20-11-16(22)14-6-4-5-7-15(14)19/h4-10,16,22H,3,11H2,1-2H3,(H2,20,21,23). The molecule has 3 N–H and O–H groups in total. The predicted octanol–water partition coefficient (Wildman–Crippen LogP) is 3.39. The van der Waals surface area contributed by atoms with E-state index < -0.39 is 18.0 Å². The monoisotopic (exact) mass is 332 g/mol. The lowest BCUT2D eigenvalue weighted by Gasteiger charge is -2.14. The molecule has 24 heavy (non-hydrogen) atoms. The Bertz CT molecular complexity index is 706. The van der Waals surface area contributed by atoms with Crippen LogP contribution in [0.25, 0.3) is 0 Å². The smallest absolute Gasteiger partial charge is 0.319 e. The summed E-state index contributed by atoms with van der Waals surface area (Å²) in [5, 5.41) is 15.1. The van der Waals surface area contributed by atoms with E-state index in [-0.39, 0.29) is 12.1 Å². The van der Waals surface area contributed by atoms with Crippen molar-refractivity contribution in [3.05, 3.63) is 59.4 Å². The van der Waals surface area contributed by atoms with Crippen LogP contribution in [0, 0.1) is 12.7 Å². The minimum Gasteiger partial charge on any atom is -0.494 e. The molecule has 0 aliphatic carbocycles. The van der Waals surface area contributed by atoms with Crippen LogP contribution in [-0.4, -0.2) is 24.3 Å². The Morgan fingerprint density at radius 1 is 1.29 bits per heavy atom. The second kappa shape index (κ2) is 8.31. The van der Waals surface area contributed by atoms with Crippen LogP contribution in [0.2, 0.25) is 0 Å². The summed E-state index contributed by atoms with van der Waals surface area (Å²) >= 11 is 0. The van der Waals surface area contributed by atoms with Crippen LogP contribution in [0.5, 0.6) is 5.75 Å². The average molecular weight is 332 g/mol. The van der Waals surface area contributed by atoms with Gasteiger partial charge in [-0.2, -0.15) is 0 Å². The second-order valence-corrected chi connectivity index (χ2v) is 5.29. The molecule has 0 aliphatic rings. The number of hydrogen-bond acceptors (Lipinski definition) is 3. The van der Waals surface area contributed by atoms with Crippen molar-refractivity contribution in [2.45, 2.75) is 20.0 Å². The quantitative estimate of drug-likeness (QED) is 0.759.